The summed E-state index contributed by atoms with van der Waals surface area (Å²) in [5.41, 5.74) is 5.35. The Bertz CT molecular complexity index is 1310. The number of amides is 1. The Balaban J connectivity index is 1.95. The summed E-state index contributed by atoms with van der Waals surface area (Å²) in [5.74, 6) is -2.62. The van der Waals surface area contributed by atoms with Crippen molar-refractivity contribution in [2.75, 3.05) is 11.4 Å². The van der Waals surface area contributed by atoms with Crippen LogP contribution in [-0.2, 0) is 28.3 Å². The molecule has 0 fully saturated rings. The van der Waals surface area contributed by atoms with E-state index in [1.807, 2.05) is 0 Å². The first-order valence-corrected chi connectivity index (χ1v) is 11.7. The smallest absolute Gasteiger partial charge is 0.369 e. The van der Waals surface area contributed by atoms with Gasteiger partial charge in [0.05, 0.1) is 17.3 Å². The lowest BCUT2D eigenvalue weighted by Crippen LogP contribution is -2.23. The molecule has 1 heterocycles. The minimum atomic E-state index is -4.66. The van der Waals surface area contributed by atoms with E-state index in [0.29, 0.717) is 16.1 Å². The number of benzene rings is 2. The number of nitrogens with two attached hydrogens (primary N) is 1. The molecule has 3 rings (SSSR count). The number of pyridine rings is 1. The highest BCUT2D eigenvalue weighted by atomic mass is 35.5. The first kappa shape index (κ1) is 26.4. The number of aryl methyl sites for hydroxylation is 1. The maximum atomic E-state index is 14.5. The van der Waals surface area contributed by atoms with Gasteiger partial charge in [0, 0.05) is 17.6 Å². The standard InChI is InChI=1S/C23H20ClF4N3O3S/c1-31(35(33)34)19-10-5-15(12-18(19)25)17(22(29)32)9-4-14-6-11-20(23(26,27)28)30-21(14)13-2-7-16(24)8-3-13/h2-3,5-8,10-12,17,35H,4,9H2,1H3,(H2,29,32). The normalized spacial score (nSPS) is 12.5. The summed E-state index contributed by atoms with van der Waals surface area (Å²) >= 11 is 5.89. The largest absolute Gasteiger partial charge is 0.433 e. The van der Waals surface area contributed by atoms with Crippen LogP contribution < -0.4 is 10.0 Å². The highest BCUT2D eigenvalue weighted by Crippen LogP contribution is 2.33. The molecule has 1 unspecified atom stereocenters. The van der Waals surface area contributed by atoms with Crippen molar-refractivity contribution in [3.8, 4) is 11.3 Å². The molecule has 186 valence electrons. The van der Waals surface area contributed by atoms with Gasteiger partial charge in [0.15, 0.2) is 0 Å². The van der Waals surface area contributed by atoms with Crippen molar-refractivity contribution >= 4 is 34.1 Å². The average molecular weight is 530 g/mol. The number of aromatic nitrogens is 1. The molecule has 0 radical (unpaired) electrons. The van der Waals surface area contributed by atoms with Crippen LogP contribution in [0.2, 0.25) is 5.02 Å². The lowest BCUT2D eigenvalue weighted by molar-refractivity contribution is -0.141. The summed E-state index contributed by atoms with van der Waals surface area (Å²) in [6.07, 6.45) is -4.50. The van der Waals surface area contributed by atoms with E-state index in [-0.39, 0.29) is 29.8 Å². The fourth-order valence-electron chi connectivity index (χ4n) is 3.57. The third-order valence-electron chi connectivity index (χ3n) is 5.40. The molecule has 1 aromatic heterocycles. The van der Waals surface area contributed by atoms with Crippen molar-refractivity contribution in [3.05, 3.63) is 82.3 Å². The number of alkyl halides is 3. The van der Waals surface area contributed by atoms with Crippen LogP contribution in [0.5, 0.6) is 0 Å². The zero-order valence-corrected chi connectivity index (χ0v) is 19.9. The quantitative estimate of drug-likeness (QED) is 0.326. The molecule has 12 heteroatoms. The van der Waals surface area contributed by atoms with Gasteiger partial charge in [-0.1, -0.05) is 35.9 Å². The second kappa shape index (κ2) is 10.6. The predicted octanol–water partition coefficient (Wildman–Crippen LogP) is 4.72. The maximum Gasteiger partial charge on any atom is 0.433 e. The Morgan fingerprint density at radius 1 is 1.11 bits per heavy atom. The topological polar surface area (TPSA) is 93.4 Å². The van der Waals surface area contributed by atoms with Gasteiger partial charge < -0.3 is 5.73 Å². The van der Waals surface area contributed by atoms with Crippen LogP contribution in [0.1, 0.15) is 29.2 Å². The van der Waals surface area contributed by atoms with E-state index in [9.17, 15) is 30.8 Å². The van der Waals surface area contributed by atoms with Crippen LogP contribution in [0, 0.1) is 5.82 Å². The summed E-state index contributed by atoms with van der Waals surface area (Å²) in [4.78, 5) is 15.9. The number of carbonyl (C=O) groups is 1. The summed E-state index contributed by atoms with van der Waals surface area (Å²) < 4.78 is 77.3. The Labute approximate surface area is 205 Å². The van der Waals surface area contributed by atoms with E-state index < -0.39 is 40.4 Å². The van der Waals surface area contributed by atoms with Gasteiger partial charge in [0.25, 0.3) is 0 Å². The number of rotatable bonds is 8. The average Bonchev–Trinajstić information content (AvgIpc) is 2.78. The first-order chi connectivity index (χ1) is 16.4. The molecule has 1 amide bonds. The zero-order valence-electron chi connectivity index (χ0n) is 18.2. The molecular formula is C23H20ClF4N3O3S. The molecule has 3 aromatic rings. The van der Waals surface area contributed by atoms with Crippen molar-refractivity contribution in [2.24, 2.45) is 5.73 Å². The molecule has 2 aromatic carbocycles. The van der Waals surface area contributed by atoms with Crippen LogP contribution in [0.25, 0.3) is 11.3 Å². The van der Waals surface area contributed by atoms with Crippen molar-refractivity contribution in [1.29, 1.82) is 0 Å². The van der Waals surface area contributed by atoms with E-state index in [1.54, 1.807) is 0 Å². The number of nitrogens with zero attached hydrogens (tertiary/aromatic N) is 2. The Hall–Kier alpha value is -3.18. The minimum absolute atomic E-state index is 0.0490. The number of thiol groups is 1. The highest BCUT2D eigenvalue weighted by molar-refractivity contribution is 7.74. The van der Waals surface area contributed by atoms with Crippen LogP contribution in [0.15, 0.2) is 54.6 Å². The maximum absolute atomic E-state index is 14.5. The molecule has 0 saturated carbocycles. The summed E-state index contributed by atoms with van der Waals surface area (Å²) in [5, 5.41) is 0.397. The third kappa shape index (κ3) is 6.29. The van der Waals surface area contributed by atoms with E-state index >= 15 is 0 Å². The van der Waals surface area contributed by atoms with Crippen LogP contribution >= 0.6 is 11.6 Å². The monoisotopic (exact) mass is 529 g/mol. The Morgan fingerprint density at radius 3 is 2.31 bits per heavy atom. The van der Waals surface area contributed by atoms with Crippen molar-refractivity contribution < 1.29 is 30.8 Å². The molecule has 0 aliphatic heterocycles. The number of halogens is 5. The SMILES string of the molecule is CN(c1ccc(C(CCc2ccc(C(F)(F)F)nc2-c2ccc(Cl)cc2)C(N)=O)cc1F)[SH](=O)=O. The summed E-state index contributed by atoms with van der Waals surface area (Å²) in [6, 6.07) is 11.8. The van der Waals surface area contributed by atoms with Gasteiger partial charge in [-0.15, -0.1) is 0 Å². The summed E-state index contributed by atoms with van der Waals surface area (Å²) in [6.45, 7) is 0. The number of carbonyl (C=O) groups excluding carboxylic acids is 1. The van der Waals surface area contributed by atoms with Gasteiger partial charge >= 0.3 is 6.18 Å². The van der Waals surface area contributed by atoms with Gasteiger partial charge in [0.2, 0.25) is 16.8 Å². The van der Waals surface area contributed by atoms with Crippen LogP contribution in [0.4, 0.5) is 23.2 Å². The van der Waals surface area contributed by atoms with Gasteiger partial charge in [-0.2, -0.15) is 13.2 Å². The van der Waals surface area contributed by atoms with Crippen molar-refractivity contribution in [1.82, 2.24) is 4.98 Å². The molecule has 6 nitrogen and oxygen atoms in total. The fourth-order valence-corrected chi connectivity index (χ4v) is 4.03. The highest BCUT2D eigenvalue weighted by Gasteiger charge is 2.33. The lowest BCUT2D eigenvalue weighted by Gasteiger charge is -2.18. The van der Waals surface area contributed by atoms with Crippen molar-refractivity contribution in [2.45, 2.75) is 24.9 Å². The molecule has 0 aliphatic carbocycles. The molecule has 0 bridgehead atoms. The summed E-state index contributed by atoms with van der Waals surface area (Å²) in [7, 11) is -1.89. The van der Waals surface area contributed by atoms with Gasteiger partial charge in [-0.05, 0) is 54.3 Å². The van der Waals surface area contributed by atoms with Crippen LogP contribution in [-0.4, -0.2) is 26.4 Å². The van der Waals surface area contributed by atoms with E-state index in [2.05, 4.69) is 4.98 Å². The second-order valence-electron chi connectivity index (χ2n) is 7.67. The van der Waals surface area contributed by atoms with E-state index in [4.69, 9.17) is 17.3 Å². The third-order valence-corrected chi connectivity index (χ3v) is 6.36. The van der Waals surface area contributed by atoms with E-state index in [1.165, 1.54) is 49.5 Å². The predicted molar refractivity (Wildman–Crippen MR) is 125 cm³/mol. The van der Waals surface area contributed by atoms with Gasteiger partial charge in [-0.3, -0.25) is 9.10 Å². The molecule has 1 atom stereocenters. The van der Waals surface area contributed by atoms with Crippen LogP contribution in [0.3, 0.4) is 0 Å². The van der Waals surface area contributed by atoms with Gasteiger partial charge in [-0.25, -0.2) is 17.8 Å². The Morgan fingerprint density at radius 2 is 1.77 bits per heavy atom. The zero-order chi connectivity index (χ0) is 25.9. The number of hydrogen-bond acceptors (Lipinski definition) is 4. The Kier molecular flexibility index (Phi) is 8.01. The number of hydrogen-bond donors (Lipinski definition) is 2. The molecular weight excluding hydrogens is 510 g/mol. The number of anilines is 1. The molecule has 0 aliphatic rings. The fraction of sp³-hybridized carbons (Fsp3) is 0.217. The lowest BCUT2D eigenvalue weighted by atomic mass is 9.90. The molecule has 35 heavy (non-hydrogen) atoms. The molecule has 2 N–H and O–H groups in total. The molecule has 0 saturated heterocycles. The van der Waals surface area contributed by atoms with Crippen molar-refractivity contribution in [3.63, 3.8) is 0 Å². The van der Waals surface area contributed by atoms with E-state index in [0.717, 1.165) is 16.4 Å². The minimum Gasteiger partial charge on any atom is -0.369 e. The number of primary amides is 1. The molecule has 0 spiro atoms. The van der Waals surface area contributed by atoms with Gasteiger partial charge in [0.1, 0.15) is 11.5 Å². The second-order valence-corrected chi connectivity index (χ2v) is 9.19. The first-order valence-electron chi connectivity index (χ1n) is 10.2.